The van der Waals surface area contributed by atoms with Crippen LogP contribution >= 0.6 is 0 Å². The van der Waals surface area contributed by atoms with E-state index >= 15 is 0 Å². The van der Waals surface area contributed by atoms with Gasteiger partial charge in [0.2, 0.25) is 0 Å². The first-order chi connectivity index (χ1) is 9.86. The van der Waals surface area contributed by atoms with Gasteiger partial charge in [-0.3, -0.25) is 10.0 Å². The summed E-state index contributed by atoms with van der Waals surface area (Å²) >= 11 is 0. The van der Waals surface area contributed by atoms with Gasteiger partial charge in [0.15, 0.2) is 0 Å². The molecule has 0 radical (unpaired) electrons. The number of hydrogen-bond donors (Lipinski definition) is 1. The van der Waals surface area contributed by atoms with Crippen molar-refractivity contribution in [1.82, 2.24) is 5.06 Å². The molecule has 0 bridgehead atoms. The van der Waals surface area contributed by atoms with Crippen LogP contribution < -0.4 is 0 Å². The van der Waals surface area contributed by atoms with E-state index in [0.717, 1.165) is 0 Å². The lowest BCUT2D eigenvalue weighted by Crippen LogP contribution is -2.65. The molecule has 0 aromatic rings. The number of oxime groups is 1. The van der Waals surface area contributed by atoms with E-state index in [-0.39, 0.29) is 18.2 Å². The van der Waals surface area contributed by atoms with Crippen LogP contribution in [0.5, 0.6) is 0 Å². The van der Waals surface area contributed by atoms with E-state index in [4.69, 9.17) is 9.57 Å². The summed E-state index contributed by atoms with van der Waals surface area (Å²) in [5.41, 5.74) is -1.82. The molecular formula is C14H24N2O5. The smallest absolute Gasteiger partial charge is 0.377 e. The van der Waals surface area contributed by atoms with Crippen molar-refractivity contribution < 1.29 is 24.4 Å². The van der Waals surface area contributed by atoms with Gasteiger partial charge >= 0.3 is 11.7 Å². The number of amides is 1. The van der Waals surface area contributed by atoms with E-state index in [1.165, 1.54) is 0 Å². The molecule has 0 aliphatic carbocycles. The lowest BCUT2D eigenvalue weighted by Gasteiger charge is -2.41. The molecule has 21 heavy (non-hydrogen) atoms. The minimum absolute atomic E-state index is 0.100. The second-order valence-electron chi connectivity index (χ2n) is 5.22. The van der Waals surface area contributed by atoms with E-state index in [0.29, 0.717) is 17.9 Å². The highest BCUT2D eigenvalue weighted by atomic mass is 16.7. The van der Waals surface area contributed by atoms with Crippen LogP contribution in [0.4, 0.5) is 0 Å². The highest BCUT2D eigenvalue weighted by molar-refractivity contribution is 6.39. The van der Waals surface area contributed by atoms with Gasteiger partial charge in [0, 0.05) is 11.8 Å². The zero-order valence-electron chi connectivity index (χ0n) is 13.3. The fourth-order valence-electron chi connectivity index (χ4n) is 2.08. The molecule has 0 fully saturated rings. The molecule has 1 N–H and O–H groups in total. The van der Waals surface area contributed by atoms with Crippen LogP contribution in [0, 0.1) is 11.8 Å². The molecule has 1 rings (SSSR count). The highest BCUT2D eigenvalue weighted by Gasteiger charge is 2.58. The third-order valence-corrected chi connectivity index (χ3v) is 3.94. The normalized spacial score (nSPS) is 25.0. The molecule has 0 unspecified atom stereocenters. The Hall–Kier alpha value is -1.63. The number of carbonyl (C=O) groups excluding carboxylic acids is 2. The first-order valence-electron chi connectivity index (χ1n) is 7.33. The van der Waals surface area contributed by atoms with E-state index in [2.05, 4.69) is 5.16 Å². The second kappa shape index (κ2) is 6.89. The lowest BCUT2D eigenvalue weighted by atomic mass is 9.92. The molecule has 0 aromatic heterocycles. The third-order valence-electron chi connectivity index (χ3n) is 3.94. The van der Waals surface area contributed by atoms with Crippen molar-refractivity contribution in [2.24, 2.45) is 17.0 Å². The molecule has 3 atom stereocenters. The topological polar surface area (TPSA) is 88.4 Å². The Morgan fingerprint density at radius 1 is 1.38 bits per heavy atom. The highest BCUT2D eigenvalue weighted by Crippen LogP contribution is 2.33. The largest absolute Gasteiger partial charge is 0.461 e. The van der Waals surface area contributed by atoms with Crippen molar-refractivity contribution >= 4 is 17.6 Å². The van der Waals surface area contributed by atoms with Crippen LogP contribution in [0.2, 0.25) is 0 Å². The van der Waals surface area contributed by atoms with Gasteiger partial charge < -0.3 is 9.57 Å². The predicted octanol–water partition coefficient (Wildman–Crippen LogP) is 1.94. The first-order valence-corrected chi connectivity index (χ1v) is 7.33. The quantitative estimate of drug-likeness (QED) is 0.598. The van der Waals surface area contributed by atoms with Gasteiger partial charge in [-0.15, -0.1) is 0 Å². The Labute approximate surface area is 124 Å². The van der Waals surface area contributed by atoms with Gasteiger partial charge in [-0.1, -0.05) is 32.9 Å². The molecule has 1 heterocycles. The van der Waals surface area contributed by atoms with Gasteiger partial charge in [-0.25, -0.2) is 4.79 Å². The van der Waals surface area contributed by atoms with E-state index in [1.807, 2.05) is 13.8 Å². The number of nitrogens with zero attached hydrogens (tertiary/aromatic N) is 2. The Bertz CT molecular complexity index is 437. The van der Waals surface area contributed by atoms with E-state index in [9.17, 15) is 14.8 Å². The lowest BCUT2D eigenvalue weighted by molar-refractivity contribution is -0.289. The van der Waals surface area contributed by atoms with Crippen molar-refractivity contribution in [3.63, 3.8) is 0 Å². The summed E-state index contributed by atoms with van der Waals surface area (Å²) in [5, 5.41) is 14.4. The molecule has 1 amide bonds. The standard InChI is InChI=1S/C14H24N2O5/c1-6-9(4)11-12(17)16(19)14(21-15-11,10(5)7-2)13(18)20-8-3/h9-10,19H,6-8H2,1-5H3/t9-,10-,14+/m0/s1. The Balaban J connectivity index is 3.26. The molecule has 0 aromatic carbocycles. The average Bonchev–Trinajstić information content (AvgIpc) is 2.48. The summed E-state index contributed by atoms with van der Waals surface area (Å²) in [5.74, 6) is -2.19. The SMILES string of the molecule is CCOC(=O)[C@@]1([C@@H](C)CC)ON=C([C@@H](C)CC)C(=O)N1O. The Morgan fingerprint density at radius 3 is 2.48 bits per heavy atom. The zero-order chi connectivity index (χ0) is 16.2. The maximum atomic E-state index is 12.3. The Morgan fingerprint density at radius 2 is 2.00 bits per heavy atom. The summed E-state index contributed by atoms with van der Waals surface area (Å²) in [6, 6.07) is 0. The van der Waals surface area contributed by atoms with Gasteiger partial charge in [0.05, 0.1) is 6.61 Å². The number of hydrogen-bond acceptors (Lipinski definition) is 6. The second-order valence-corrected chi connectivity index (χ2v) is 5.22. The number of esters is 1. The first kappa shape index (κ1) is 17.4. The number of rotatable bonds is 6. The predicted molar refractivity (Wildman–Crippen MR) is 75.4 cm³/mol. The summed E-state index contributed by atoms with van der Waals surface area (Å²) in [7, 11) is 0. The molecular weight excluding hydrogens is 276 g/mol. The fraction of sp³-hybridized carbons (Fsp3) is 0.786. The Kier molecular flexibility index (Phi) is 5.71. The summed E-state index contributed by atoms with van der Waals surface area (Å²) < 4.78 is 4.96. The maximum absolute atomic E-state index is 12.3. The van der Waals surface area contributed by atoms with Crippen molar-refractivity contribution in [3.05, 3.63) is 0 Å². The summed E-state index contributed by atoms with van der Waals surface area (Å²) in [6.07, 6.45) is 1.16. The number of hydroxylamine groups is 2. The van der Waals surface area contributed by atoms with Crippen LogP contribution in [-0.2, 0) is 19.2 Å². The molecule has 120 valence electrons. The van der Waals surface area contributed by atoms with Crippen LogP contribution in [-0.4, -0.2) is 40.2 Å². The van der Waals surface area contributed by atoms with Gasteiger partial charge in [0.1, 0.15) is 5.71 Å². The van der Waals surface area contributed by atoms with E-state index < -0.39 is 23.5 Å². The summed E-state index contributed by atoms with van der Waals surface area (Å²) in [4.78, 5) is 29.9. The minimum atomic E-state index is -1.92. The molecule has 0 saturated heterocycles. The molecule has 7 nitrogen and oxygen atoms in total. The zero-order valence-corrected chi connectivity index (χ0v) is 13.3. The molecule has 1 aliphatic heterocycles. The van der Waals surface area contributed by atoms with Crippen LogP contribution in [0.25, 0.3) is 0 Å². The number of ether oxygens (including phenoxy) is 1. The van der Waals surface area contributed by atoms with Crippen LogP contribution in [0.1, 0.15) is 47.5 Å². The summed E-state index contributed by atoms with van der Waals surface area (Å²) in [6.45, 7) is 8.96. The van der Waals surface area contributed by atoms with Crippen molar-refractivity contribution in [1.29, 1.82) is 0 Å². The van der Waals surface area contributed by atoms with E-state index in [1.54, 1.807) is 20.8 Å². The van der Waals surface area contributed by atoms with Gasteiger partial charge in [0.25, 0.3) is 5.91 Å². The van der Waals surface area contributed by atoms with Crippen molar-refractivity contribution in [2.75, 3.05) is 6.61 Å². The van der Waals surface area contributed by atoms with Gasteiger partial charge in [-0.2, -0.15) is 5.06 Å². The molecule has 0 saturated carbocycles. The maximum Gasteiger partial charge on any atom is 0.377 e. The van der Waals surface area contributed by atoms with Gasteiger partial charge in [-0.05, 0) is 19.8 Å². The third kappa shape index (κ3) is 2.88. The number of carbonyl (C=O) groups is 2. The minimum Gasteiger partial charge on any atom is -0.461 e. The average molecular weight is 300 g/mol. The molecule has 1 aliphatic rings. The van der Waals surface area contributed by atoms with Crippen molar-refractivity contribution in [3.8, 4) is 0 Å². The fourth-order valence-corrected chi connectivity index (χ4v) is 2.08. The van der Waals surface area contributed by atoms with Crippen LogP contribution in [0.3, 0.4) is 0 Å². The molecule has 0 spiro atoms. The van der Waals surface area contributed by atoms with Crippen LogP contribution in [0.15, 0.2) is 5.16 Å². The van der Waals surface area contributed by atoms with Crippen molar-refractivity contribution in [2.45, 2.75) is 53.2 Å². The monoisotopic (exact) mass is 300 g/mol. The molecule has 7 heteroatoms.